The second kappa shape index (κ2) is 8.13. The maximum Gasteiger partial charge on any atom is 0.419 e. The Bertz CT molecular complexity index is 578. The third-order valence-electron chi connectivity index (χ3n) is 5.35. The van der Waals surface area contributed by atoms with E-state index in [0.29, 0.717) is 19.0 Å². The van der Waals surface area contributed by atoms with Crippen LogP contribution in [0.2, 0.25) is 0 Å². The predicted molar refractivity (Wildman–Crippen MR) is 95.2 cm³/mol. The Hall–Kier alpha value is -1.34. The largest absolute Gasteiger partial charge is 0.419 e. The molecule has 0 spiro atoms. The molecule has 0 aliphatic carbocycles. The van der Waals surface area contributed by atoms with Crippen molar-refractivity contribution in [2.75, 3.05) is 37.6 Å². The van der Waals surface area contributed by atoms with Crippen molar-refractivity contribution in [1.82, 2.24) is 9.88 Å². The fourth-order valence-corrected chi connectivity index (χ4v) is 4.14. The van der Waals surface area contributed by atoms with Crippen LogP contribution in [0.15, 0.2) is 18.3 Å². The van der Waals surface area contributed by atoms with Gasteiger partial charge in [0.15, 0.2) is 0 Å². The molecule has 3 heterocycles. The first kappa shape index (κ1) is 19.4. The number of nitrogens with zero attached hydrogens (tertiary/aromatic N) is 3. The Balaban J connectivity index is 1.51. The van der Waals surface area contributed by atoms with Crippen LogP contribution in [0.25, 0.3) is 0 Å². The molecule has 2 fully saturated rings. The number of hydrogen-bond acceptors (Lipinski definition) is 4. The van der Waals surface area contributed by atoms with E-state index in [2.05, 4.69) is 23.7 Å². The topological polar surface area (TPSA) is 28.6 Å². The molecule has 0 amide bonds. The van der Waals surface area contributed by atoms with E-state index in [1.54, 1.807) is 4.90 Å². The van der Waals surface area contributed by atoms with E-state index in [9.17, 15) is 13.2 Å². The van der Waals surface area contributed by atoms with Crippen LogP contribution in [0.5, 0.6) is 0 Å². The average Bonchev–Trinajstić information content (AvgIpc) is 2.59. The summed E-state index contributed by atoms with van der Waals surface area (Å²) in [5.41, 5.74) is -0.630. The summed E-state index contributed by atoms with van der Waals surface area (Å²) >= 11 is 0. The Labute approximate surface area is 153 Å². The Morgan fingerprint density at radius 1 is 1.15 bits per heavy atom. The van der Waals surface area contributed by atoms with Gasteiger partial charge in [0.2, 0.25) is 0 Å². The molecule has 26 heavy (non-hydrogen) atoms. The van der Waals surface area contributed by atoms with Gasteiger partial charge in [-0.25, -0.2) is 4.98 Å². The second-order valence-electron chi connectivity index (χ2n) is 7.61. The smallest absolute Gasteiger partial charge is 0.373 e. The first-order chi connectivity index (χ1) is 12.3. The van der Waals surface area contributed by atoms with Crippen LogP contribution in [-0.2, 0) is 10.9 Å². The molecule has 1 aromatic rings. The van der Waals surface area contributed by atoms with Gasteiger partial charge in [0, 0.05) is 32.4 Å². The molecule has 2 aliphatic rings. The number of ether oxygens (including phenoxy) is 1. The van der Waals surface area contributed by atoms with E-state index in [1.807, 2.05) is 0 Å². The third kappa shape index (κ3) is 4.88. The molecule has 146 valence electrons. The number of aromatic nitrogens is 1. The standard InChI is InChI=1S/C19H28F3N3O/c1-14-12-24(13-15(2)26-14)9-5-16-6-10-25(11-7-16)18-17(19(20,21)22)4-3-8-23-18/h3-4,8,14-16H,5-7,9-13H2,1-2H3. The highest BCUT2D eigenvalue weighted by atomic mass is 19.4. The van der Waals surface area contributed by atoms with Crippen molar-refractivity contribution >= 4 is 5.82 Å². The van der Waals surface area contributed by atoms with Gasteiger partial charge in [-0.2, -0.15) is 13.2 Å². The molecule has 0 N–H and O–H groups in total. The van der Waals surface area contributed by atoms with E-state index < -0.39 is 11.7 Å². The van der Waals surface area contributed by atoms with Crippen molar-refractivity contribution < 1.29 is 17.9 Å². The molecular weight excluding hydrogens is 343 g/mol. The molecule has 0 bridgehead atoms. The summed E-state index contributed by atoms with van der Waals surface area (Å²) in [6, 6.07) is 2.47. The molecule has 7 heteroatoms. The monoisotopic (exact) mass is 371 g/mol. The van der Waals surface area contributed by atoms with Gasteiger partial charge in [-0.1, -0.05) is 0 Å². The van der Waals surface area contributed by atoms with E-state index in [-0.39, 0.29) is 18.0 Å². The van der Waals surface area contributed by atoms with Crippen LogP contribution < -0.4 is 4.90 Å². The van der Waals surface area contributed by atoms with Crippen molar-refractivity contribution in [3.8, 4) is 0 Å². The highest BCUT2D eigenvalue weighted by Crippen LogP contribution is 2.36. The minimum absolute atomic E-state index is 0.0780. The number of alkyl halides is 3. The van der Waals surface area contributed by atoms with Gasteiger partial charge in [0.1, 0.15) is 5.82 Å². The number of rotatable bonds is 4. The van der Waals surface area contributed by atoms with E-state index in [4.69, 9.17) is 4.74 Å². The lowest BCUT2D eigenvalue weighted by Crippen LogP contribution is -2.46. The molecule has 2 atom stereocenters. The molecule has 2 aliphatic heterocycles. The number of halogens is 3. The summed E-state index contributed by atoms with van der Waals surface area (Å²) in [4.78, 5) is 8.25. The quantitative estimate of drug-likeness (QED) is 0.805. The van der Waals surface area contributed by atoms with Crippen molar-refractivity contribution in [2.24, 2.45) is 5.92 Å². The van der Waals surface area contributed by atoms with Crippen LogP contribution >= 0.6 is 0 Å². The summed E-state index contributed by atoms with van der Waals surface area (Å²) < 4.78 is 45.3. The van der Waals surface area contributed by atoms with Crippen LogP contribution in [0.4, 0.5) is 19.0 Å². The fraction of sp³-hybridized carbons (Fsp3) is 0.737. The number of piperidine rings is 1. The van der Waals surface area contributed by atoms with E-state index in [0.717, 1.165) is 45.0 Å². The first-order valence-electron chi connectivity index (χ1n) is 9.48. The summed E-state index contributed by atoms with van der Waals surface area (Å²) in [6.07, 6.45) is 0.562. The molecule has 3 rings (SSSR count). The van der Waals surface area contributed by atoms with E-state index >= 15 is 0 Å². The maximum atomic E-state index is 13.2. The van der Waals surface area contributed by atoms with Crippen LogP contribution in [0, 0.1) is 5.92 Å². The molecule has 0 saturated carbocycles. The van der Waals surface area contributed by atoms with Crippen molar-refractivity contribution in [3.05, 3.63) is 23.9 Å². The van der Waals surface area contributed by atoms with Gasteiger partial charge in [-0.3, -0.25) is 4.90 Å². The molecular formula is C19H28F3N3O. The summed E-state index contributed by atoms with van der Waals surface area (Å²) in [6.45, 7) is 8.46. The molecule has 0 radical (unpaired) electrons. The highest BCUT2D eigenvalue weighted by molar-refractivity contribution is 5.48. The van der Waals surface area contributed by atoms with Gasteiger partial charge < -0.3 is 9.64 Å². The van der Waals surface area contributed by atoms with Gasteiger partial charge in [0.05, 0.1) is 17.8 Å². The molecule has 4 nitrogen and oxygen atoms in total. The SMILES string of the molecule is CC1CN(CCC2CCN(c3ncccc3C(F)(F)F)CC2)CC(C)O1. The minimum atomic E-state index is -4.36. The van der Waals surface area contributed by atoms with Crippen LogP contribution in [0.1, 0.15) is 38.7 Å². The third-order valence-corrected chi connectivity index (χ3v) is 5.35. The Morgan fingerprint density at radius 2 is 1.81 bits per heavy atom. The zero-order valence-corrected chi connectivity index (χ0v) is 15.5. The number of pyridine rings is 1. The van der Waals surface area contributed by atoms with Crippen LogP contribution in [0.3, 0.4) is 0 Å². The lowest BCUT2D eigenvalue weighted by Gasteiger charge is -2.37. The second-order valence-corrected chi connectivity index (χ2v) is 7.61. The van der Waals surface area contributed by atoms with Gasteiger partial charge >= 0.3 is 6.18 Å². The minimum Gasteiger partial charge on any atom is -0.373 e. The molecule has 2 unspecified atom stereocenters. The zero-order chi connectivity index (χ0) is 18.7. The molecule has 1 aromatic heterocycles. The first-order valence-corrected chi connectivity index (χ1v) is 9.48. The fourth-order valence-electron chi connectivity index (χ4n) is 4.14. The summed E-state index contributed by atoms with van der Waals surface area (Å²) in [5, 5.41) is 0. The maximum absolute atomic E-state index is 13.2. The van der Waals surface area contributed by atoms with E-state index in [1.165, 1.54) is 12.3 Å². The zero-order valence-electron chi connectivity index (χ0n) is 15.5. The van der Waals surface area contributed by atoms with Crippen molar-refractivity contribution in [1.29, 1.82) is 0 Å². The Kier molecular flexibility index (Phi) is 6.07. The van der Waals surface area contributed by atoms with Gasteiger partial charge in [0.25, 0.3) is 0 Å². The summed E-state index contributed by atoms with van der Waals surface area (Å²) in [7, 11) is 0. The Morgan fingerprint density at radius 3 is 2.42 bits per heavy atom. The van der Waals surface area contributed by atoms with Gasteiger partial charge in [-0.05, 0) is 57.7 Å². The normalized spacial score (nSPS) is 26.3. The molecule has 0 aromatic carbocycles. The van der Waals surface area contributed by atoms with Crippen molar-refractivity contribution in [2.45, 2.75) is 51.5 Å². The average molecular weight is 371 g/mol. The predicted octanol–water partition coefficient (Wildman–Crippen LogP) is 3.82. The molecule has 2 saturated heterocycles. The van der Waals surface area contributed by atoms with Crippen LogP contribution in [-0.4, -0.2) is 54.8 Å². The number of morpholine rings is 1. The number of hydrogen-bond donors (Lipinski definition) is 0. The van der Waals surface area contributed by atoms with Crippen molar-refractivity contribution in [3.63, 3.8) is 0 Å². The summed E-state index contributed by atoms with van der Waals surface area (Å²) in [5.74, 6) is 0.645. The number of anilines is 1. The van der Waals surface area contributed by atoms with Gasteiger partial charge in [-0.15, -0.1) is 0 Å². The lowest BCUT2D eigenvalue weighted by molar-refractivity contribution is -0.137. The highest BCUT2D eigenvalue weighted by Gasteiger charge is 2.36. The lowest BCUT2D eigenvalue weighted by atomic mass is 9.93.